The normalized spacial score (nSPS) is 35.6. The number of ether oxygens (including phenoxy) is 1. The van der Waals surface area contributed by atoms with Crippen molar-refractivity contribution in [2.75, 3.05) is 13.7 Å². The molecule has 0 unspecified atom stereocenters. The van der Waals surface area contributed by atoms with Crippen molar-refractivity contribution in [1.82, 2.24) is 9.55 Å². The van der Waals surface area contributed by atoms with Crippen molar-refractivity contribution in [2.24, 2.45) is 0 Å². The summed E-state index contributed by atoms with van der Waals surface area (Å²) in [4.78, 5) is 25.3. The molecule has 0 saturated carbocycles. The number of rotatable bonds is 2. The number of nitrogens with zero attached hydrogens (tertiary/aromatic N) is 1. The monoisotopic (exact) mass is 382 g/mol. The standard InChI is InChI=1S/C10H12BrN2O7P/c1-17-21(16)18-4-7-6(20-21)2-8(19-7)13-3-5(11)9(14)12-10(13)15/h3,6-8H,2,4H2,1H3,(H,12,14,15)/t6-,7+,8+,21+/m0/s1. The highest BCUT2D eigenvalue weighted by Crippen LogP contribution is 2.55. The van der Waals surface area contributed by atoms with Gasteiger partial charge in [0.1, 0.15) is 18.4 Å². The van der Waals surface area contributed by atoms with E-state index in [0.29, 0.717) is 6.42 Å². The van der Waals surface area contributed by atoms with E-state index in [1.54, 1.807) is 0 Å². The number of H-pyrrole nitrogens is 1. The Morgan fingerprint density at radius 2 is 2.24 bits per heavy atom. The van der Waals surface area contributed by atoms with Gasteiger partial charge >= 0.3 is 13.5 Å². The number of halogens is 1. The highest BCUT2D eigenvalue weighted by atomic mass is 79.9. The molecule has 2 fully saturated rings. The Morgan fingerprint density at radius 3 is 2.95 bits per heavy atom. The van der Waals surface area contributed by atoms with Gasteiger partial charge in [0.15, 0.2) is 0 Å². The van der Waals surface area contributed by atoms with Gasteiger partial charge in [-0.1, -0.05) is 0 Å². The average Bonchev–Trinajstić information content (AvgIpc) is 2.85. The average molecular weight is 383 g/mol. The molecule has 3 rings (SSSR count). The summed E-state index contributed by atoms with van der Waals surface area (Å²) in [5.41, 5.74) is -1.11. The summed E-state index contributed by atoms with van der Waals surface area (Å²) in [6.07, 6.45) is 0.0318. The van der Waals surface area contributed by atoms with E-state index in [0.717, 1.165) is 0 Å². The zero-order valence-corrected chi connectivity index (χ0v) is 13.3. The molecule has 0 bridgehead atoms. The van der Waals surface area contributed by atoms with Crippen LogP contribution in [0.5, 0.6) is 0 Å². The zero-order chi connectivity index (χ0) is 15.2. The summed E-state index contributed by atoms with van der Waals surface area (Å²) in [7, 11) is -2.31. The van der Waals surface area contributed by atoms with Crippen LogP contribution in [0.25, 0.3) is 0 Å². The van der Waals surface area contributed by atoms with Crippen LogP contribution in [0.2, 0.25) is 0 Å². The van der Waals surface area contributed by atoms with Gasteiger partial charge in [0.05, 0.1) is 11.1 Å². The molecule has 0 spiro atoms. The van der Waals surface area contributed by atoms with Crippen molar-refractivity contribution in [1.29, 1.82) is 0 Å². The Hall–Kier alpha value is -0.770. The Balaban J connectivity index is 1.85. The van der Waals surface area contributed by atoms with Crippen molar-refractivity contribution in [3.63, 3.8) is 0 Å². The Bertz CT molecular complexity index is 716. The van der Waals surface area contributed by atoms with E-state index >= 15 is 0 Å². The lowest BCUT2D eigenvalue weighted by Gasteiger charge is -2.28. The van der Waals surface area contributed by atoms with Crippen molar-refractivity contribution >= 4 is 23.8 Å². The zero-order valence-electron chi connectivity index (χ0n) is 10.9. The molecule has 2 aliphatic rings. The lowest BCUT2D eigenvalue weighted by atomic mass is 10.2. The summed E-state index contributed by atoms with van der Waals surface area (Å²) < 4.78 is 34.0. The molecule has 1 aromatic rings. The topological polar surface area (TPSA) is 109 Å². The molecule has 2 aliphatic heterocycles. The molecule has 0 amide bonds. The highest BCUT2D eigenvalue weighted by Gasteiger charge is 2.47. The minimum Gasteiger partial charge on any atom is -0.349 e. The van der Waals surface area contributed by atoms with Gasteiger partial charge in [-0.3, -0.25) is 27.9 Å². The van der Waals surface area contributed by atoms with Gasteiger partial charge < -0.3 is 4.74 Å². The van der Waals surface area contributed by atoms with Crippen LogP contribution in [0.3, 0.4) is 0 Å². The van der Waals surface area contributed by atoms with Gasteiger partial charge in [-0.2, -0.15) is 0 Å². The second kappa shape index (κ2) is 5.45. The maximum atomic E-state index is 11.9. The third-order valence-electron chi connectivity index (χ3n) is 3.30. The van der Waals surface area contributed by atoms with Crippen LogP contribution in [0, 0.1) is 0 Å². The third kappa shape index (κ3) is 2.79. The molecule has 4 atom stereocenters. The second-order valence-corrected chi connectivity index (χ2v) is 7.16. The van der Waals surface area contributed by atoms with Crippen molar-refractivity contribution in [2.45, 2.75) is 24.9 Å². The van der Waals surface area contributed by atoms with Gasteiger partial charge in [0.2, 0.25) is 0 Å². The number of fused-ring (bicyclic) bond motifs is 1. The van der Waals surface area contributed by atoms with Crippen molar-refractivity contribution in [3.05, 3.63) is 31.5 Å². The largest absolute Gasteiger partial charge is 0.474 e. The summed E-state index contributed by atoms with van der Waals surface area (Å²) in [6.45, 7) is 0.0472. The van der Waals surface area contributed by atoms with Crippen molar-refractivity contribution < 1.29 is 22.9 Å². The van der Waals surface area contributed by atoms with E-state index in [1.165, 1.54) is 17.9 Å². The number of aromatic amines is 1. The lowest BCUT2D eigenvalue weighted by molar-refractivity contribution is -0.0701. The molecule has 1 aromatic heterocycles. The van der Waals surface area contributed by atoms with E-state index in [-0.39, 0.29) is 11.1 Å². The Labute approximate surface area is 126 Å². The summed E-state index contributed by atoms with van der Waals surface area (Å²) in [5.74, 6) is 0. The van der Waals surface area contributed by atoms with E-state index in [4.69, 9.17) is 18.3 Å². The van der Waals surface area contributed by atoms with Crippen LogP contribution in [0.15, 0.2) is 20.3 Å². The molecular weight excluding hydrogens is 371 g/mol. The van der Waals surface area contributed by atoms with Crippen LogP contribution in [0.1, 0.15) is 12.6 Å². The van der Waals surface area contributed by atoms with Crippen molar-refractivity contribution in [3.8, 4) is 0 Å². The fourth-order valence-corrected chi connectivity index (χ4v) is 3.72. The highest BCUT2D eigenvalue weighted by molar-refractivity contribution is 9.10. The Morgan fingerprint density at radius 1 is 1.48 bits per heavy atom. The van der Waals surface area contributed by atoms with E-state index in [2.05, 4.69) is 20.9 Å². The van der Waals surface area contributed by atoms with Crippen LogP contribution in [-0.4, -0.2) is 35.5 Å². The molecule has 3 heterocycles. The summed E-state index contributed by atoms with van der Waals surface area (Å²) >= 11 is 3.05. The maximum Gasteiger partial charge on any atom is 0.474 e. The quantitative estimate of drug-likeness (QED) is 0.751. The lowest BCUT2D eigenvalue weighted by Crippen LogP contribution is -2.33. The van der Waals surface area contributed by atoms with Gasteiger partial charge in [0.25, 0.3) is 5.56 Å². The van der Waals surface area contributed by atoms with Crippen LogP contribution < -0.4 is 11.2 Å². The van der Waals surface area contributed by atoms with Crippen LogP contribution in [0.4, 0.5) is 0 Å². The number of nitrogens with one attached hydrogen (secondary N) is 1. The number of hydrogen-bond donors (Lipinski definition) is 1. The van der Waals surface area contributed by atoms with E-state index in [9.17, 15) is 14.2 Å². The summed E-state index contributed by atoms with van der Waals surface area (Å²) in [6, 6.07) is 0. The SMILES string of the molecule is CO[P@]1(=O)OC[C@H]2O[C@@H](n3cc(Br)c(=O)[nH]c3=O)C[C@@H]2O1. The third-order valence-corrected chi connectivity index (χ3v) is 5.31. The first-order valence-electron chi connectivity index (χ1n) is 6.07. The number of aromatic nitrogens is 2. The molecule has 2 saturated heterocycles. The predicted molar refractivity (Wildman–Crippen MR) is 73.0 cm³/mol. The fourth-order valence-electron chi connectivity index (χ4n) is 2.26. The van der Waals surface area contributed by atoms with E-state index < -0.39 is 37.5 Å². The van der Waals surface area contributed by atoms with Crippen LogP contribution in [-0.2, 0) is 22.9 Å². The molecule has 1 N–H and O–H groups in total. The van der Waals surface area contributed by atoms with Gasteiger partial charge in [-0.15, -0.1) is 0 Å². The summed E-state index contributed by atoms with van der Waals surface area (Å²) in [5, 5.41) is 0. The molecule has 21 heavy (non-hydrogen) atoms. The van der Waals surface area contributed by atoms with Gasteiger partial charge in [-0.25, -0.2) is 9.36 Å². The maximum absolute atomic E-state index is 11.9. The number of phosphoric acid groups is 1. The molecule has 0 radical (unpaired) electrons. The van der Waals surface area contributed by atoms with Gasteiger partial charge in [-0.05, 0) is 15.9 Å². The first kappa shape index (κ1) is 15.1. The fraction of sp³-hybridized carbons (Fsp3) is 0.600. The molecule has 116 valence electrons. The molecular formula is C10H12BrN2O7P. The van der Waals surface area contributed by atoms with Crippen LogP contribution >= 0.6 is 23.8 Å². The molecule has 0 aromatic carbocycles. The molecule has 9 nitrogen and oxygen atoms in total. The second-order valence-electron chi connectivity index (χ2n) is 4.58. The first-order chi connectivity index (χ1) is 9.92. The minimum atomic E-state index is -3.55. The predicted octanol–water partition coefficient (Wildman–Crippen LogP) is 0.756. The van der Waals surface area contributed by atoms with Gasteiger partial charge in [0, 0.05) is 19.7 Å². The molecule has 0 aliphatic carbocycles. The first-order valence-corrected chi connectivity index (χ1v) is 8.32. The van der Waals surface area contributed by atoms with E-state index in [1.807, 2.05) is 0 Å². The minimum absolute atomic E-state index is 0.0472. The smallest absolute Gasteiger partial charge is 0.349 e. The number of phosphoric ester groups is 1. The Kier molecular flexibility index (Phi) is 3.93. The number of hydrogen-bond acceptors (Lipinski definition) is 7. The molecule has 11 heteroatoms.